The smallest absolute Gasteiger partial charge is 0.0596 e. The van der Waals surface area contributed by atoms with Crippen LogP contribution in [0.2, 0.25) is 0 Å². The summed E-state index contributed by atoms with van der Waals surface area (Å²) in [4.78, 5) is 2.55. The molecule has 2 heterocycles. The van der Waals surface area contributed by atoms with Gasteiger partial charge in [0, 0.05) is 24.9 Å². The third kappa shape index (κ3) is 3.33. The maximum Gasteiger partial charge on any atom is 0.0596 e. The zero-order valence-corrected chi connectivity index (χ0v) is 11.9. The van der Waals surface area contributed by atoms with Crippen LogP contribution in [0.5, 0.6) is 0 Å². The van der Waals surface area contributed by atoms with Gasteiger partial charge in [-0.15, -0.1) is 0 Å². The molecule has 0 bridgehead atoms. The van der Waals surface area contributed by atoms with Crippen molar-refractivity contribution in [3.05, 3.63) is 17.5 Å². The van der Waals surface area contributed by atoms with Crippen LogP contribution in [-0.4, -0.2) is 47.0 Å². The molecule has 0 spiro atoms. The van der Waals surface area contributed by atoms with E-state index in [0.717, 1.165) is 32.0 Å². The van der Waals surface area contributed by atoms with Crippen LogP contribution in [0, 0.1) is 13.8 Å². The molecule has 1 aromatic rings. The summed E-state index contributed by atoms with van der Waals surface area (Å²) in [6.07, 6.45) is 2.58. The fraction of sp³-hybridized carbons (Fsp3) is 0.786. The molecule has 102 valence electrons. The van der Waals surface area contributed by atoms with Crippen molar-refractivity contribution < 1.29 is 4.74 Å². The van der Waals surface area contributed by atoms with Crippen molar-refractivity contribution in [3.63, 3.8) is 0 Å². The summed E-state index contributed by atoms with van der Waals surface area (Å²) >= 11 is 0. The van der Waals surface area contributed by atoms with Gasteiger partial charge in [-0.05, 0) is 46.2 Å². The zero-order chi connectivity index (χ0) is 13.0. The second-order valence-electron chi connectivity index (χ2n) is 5.14. The predicted octanol–water partition coefficient (Wildman–Crippen LogP) is 2.00. The lowest BCUT2D eigenvalue weighted by atomic mass is 10.2. The molecule has 1 atom stereocenters. The minimum absolute atomic E-state index is 0.628. The molecule has 1 saturated heterocycles. The van der Waals surface area contributed by atoms with Gasteiger partial charge in [-0.25, -0.2) is 0 Å². The van der Waals surface area contributed by atoms with Crippen LogP contribution in [0.1, 0.15) is 31.2 Å². The van der Waals surface area contributed by atoms with Gasteiger partial charge in [0.2, 0.25) is 0 Å². The first-order chi connectivity index (χ1) is 8.70. The molecule has 4 heteroatoms. The van der Waals surface area contributed by atoms with Crippen molar-refractivity contribution in [3.8, 4) is 0 Å². The van der Waals surface area contributed by atoms with Gasteiger partial charge in [-0.2, -0.15) is 5.10 Å². The third-order valence-electron chi connectivity index (χ3n) is 3.71. The normalized spacial score (nSPS) is 20.7. The Kier molecular flexibility index (Phi) is 4.78. The second-order valence-corrected chi connectivity index (χ2v) is 5.14. The van der Waals surface area contributed by atoms with Gasteiger partial charge in [0.1, 0.15) is 0 Å². The van der Waals surface area contributed by atoms with Gasteiger partial charge < -0.3 is 4.74 Å². The van der Waals surface area contributed by atoms with E-state index >= 15 is 0 Å². The summed E-state index contributed by atoms with van der Waals surface area (Å²) in [5, 5.41) is 4.56. The van der Waals surface area contributed by atoms with E-state index in [4.69, 9.17) is 4.74 Å². The average molecular weight is 251 g/mol. The Morgan fingerprint density at radius 1 is 1.44 bits per heavy atom. The first-order valence-corrected chi connectivity index (χ1v) is 7.03. The lowest BCUT2D eigenvalue weighted by Gasteiger charge is -2.24. The fourth-order valence-corrected chi connectivity index (χ4v) is 2.78. The highest BCUT2D eigenvalue weighted by Gasteiger charge is 2.24. The number of likely N-dealkylation sites (tertiary alicyclic amines) is 1. The van der Waals surface area contributed by atoms with E-state index in [0.29, 0.717) is 6.04 Å². The molecule has 0 amide bonds. The minimum Gasteiger partial charge on any atom is -0.380 e. The maximum atomic E-state index is 5.46. The Balaban J connectivity index is 1.89. The summed E-state index contributed by atoms with van der Waals surface area (Å²) < 4.78 is 7.61. The summed E-state index contributed by atoms with van der Waals surface area (Å²) in [5.74, 6) is 0. The van der Waals surface area contributed by atoms with Gasteiger partial charge >= 0.3 is 0 Å². The number of aryl methyl sites for hydroxylation is 2. The van der Waals surface area contributed by atoms with E-state index in [1.54, 1.807) is 0 Å². The molecule has 18 heavy (non-hydrogen) atoms. The Morgan fingerprint density at radius 3 is 2.94 bits per heavy atom. The van der Waals surface area contributed by atoms with E-state index in [1.165, 1.54) is 25.1 Å². The quantitative estimate of drug-likeness (QED) is 0.724. The number of aromatic nitrogens is 2. The van der Waals surface area contributed by atoms with Crippen LogP contribution >= 0.6 is 0 Å². The van der Waals surface area contributed by atoms with Crippen molar-refractivity contribution >= 4 is 0 Å². The summed E-state index contributed by atoms with van der Waals surface area (Å²) in [7, 11) is 0. The second kappa shape index (κ2) is 6.34. The van der Waals surface area contributed by atoms with Crippen LogP contribution in [0.15, 0.2) is 6.07 Å². The summed E-state index contributed by atoms with van der Waals surface area (Å²) in [6, 6.07) is 2.78. The van der Waals surface area contributed by atoms with Crippen LogP contribution in [0.25, 0.3) is 0 Å². The molecular formula is C14H25N3O. The number of nitrogens with zero attached hydrogens (tertiary/aromatic N) is 3. The fourth-order valence-electron chi connectivity index (χ4n) is 2.78. The molecule has 0 aromatic carbocycles. The maximum absolute atomic E-state index is 5.46. The summed E-state index contributed by atoms with van der Waals surface area (Å²) in [5.41, 5.74) is 2.38. The van der Waals surface area contributed by atoms with Crippen molar-refractivity contribution in [1.82, 2.24) is 14.7 Å². The van der Waals surface area contributed by atoms with Crippen molar-refractivity contribution in [2.75, 3.05) is 26.3 Å². The molecular weight excluding hydrogens is 226 g/mol. The number of hydrogen-bond donors (Lipinski definition) is 0. The van der Waals surface area contributed by atoms with E-state index < -0.39 is 0 Å². The molecule has 0 N–H and O–H groups in total. The van der Waals surface area contributed by atoms with E-state index in [-0.39, 0.29) is 0 Å². The Morgan fingerprint density at radius 2 is 2.28 bits per heavy atom. The highest BCUT2D eigenvalue weighted by molar-refractivity contribution is 5.06. The van der Waals surface area contributed by atoms with Crippen molar-refractivity contribution in [1.29, 1.82) is 0 Å². The molecule has 0 unspecified atom stereocenters. The predicted molar refractivity (Wildman–Crippen MR) is 72.8 cm³/mol. The number of rotatable bonds is 6. The number of ether oxygens (including phenoxy) is 1. The topological polar surface area (TPSA) is 30.3 Å². The highest BCUT2D eigenvalue weighted by Crippen LogP contribution is 2.19. The molecule has 0 saturated carbocycles. The molecule has 0 aliphatic carbocycles. The van der Waals surface area contributed by atoms with Crippen LogP contribution in [-0.2, 0) is 11.3 Å². The van der Waals surface area contributed by atoms with Gasteiger partial charge in [0.25, 0.3) is 0 Å². The van der Waals surface area contributed by atoms with Crippen LogP contribution in [0.3, 0.4) is 0 Å². The van der Waals surface area contributed by atoms with Gasteiger partial charge in [0.05, 0.1) is 18.8 Å². The SMILES string of the molecule is CCOCCN1CCC[C@@H]1Cn1nc(C)cc1C. The van der Waals surface area contributed by atoms with Gasteiger partial charge in [-0.3, -0.25) is 9.58 Å². The summed E-state index contributed by atoms with van der Waals surface area (Å²) in [6.45, 7) is 11.2. The largest absolute Gasteiger partial charge is 0.380 e. The lowest BCUT2D eigenvalue weighted by Crippen LogP contribution is -2.36. The zero-order valence-electron chi connectivity index (χ0n) is 11.9. The first-order valence-electron chi connectivity index (χ1n) is 7.03. The van der Waals surface area contributed by atoms with Gasteiger partial charge in [-0.1, -0.05) is 0 Å². The average Bonchev–Trinajstić information content (AvgIpc) is 2.88. The first kappa shape index (κ1) is 13.6. The van der Waals surface area contributed by atoms with Crippen molar-refractivity contribution in [2.24, 2.45) is 0 Å². The standard InChI is InChI=1S/C14H25N3O/c1-4-18-9-8-16-7-5-6-14(16)11-17-13(3)10-12(2)15-17/h10,14H,4-9,11H2,1-3H3/t14-/m1/s1. The molecule has 0 radical (unpaired) electrons. The lowest BCUT2D eigenvalue weighted by molar-refractivity contribution is 0.104. The van der Waals surface area contributed by atoms with E-state index in [1.807, 2.05) is 0 Å². The van der Waals surface area contributed by atoms with Crippen molar-refractivity contribution in [2.45, 2.75) is 46.2 Å². The highest BCUT2D eigenvalue weighted by atomic mass is 16.5. The van der Waals surface area contributed by atoms with E-state index in [9.17, 15) is 0 Å². The monoisotopic (exact) mass is 251 g/mol. The van der Waals surface area contributed by atoms with Crippen LogP contribution in [0.4, 0.5) is 0 Å². The molecule has 1 aliphatic heterocycles. The molecule has 4 nitrogen and oxygen atoms in total. The Hall–Kier alpha value is -0.870. The molecule has 2 rings (SSSR count). The third-order valence-corrected chi connectivity index (χ3v) is 3.71. The Labute approximate surface area is 110 Å². The van der Waals surface area contributed by atoms with Crippen LogP contribution < -0.4 is 0 Å². The molecule has 1 aromatic heterocycles. The molecule has 1 fully saturated rings. The number of hydrogen-bond acceptors (Lipinski definition) is 3. The Bertz CT molecular complexity index is 375. The van der Waals surface area contributed by atoms with Gasteiger partial charge in [0.15, 0.2) is 0 Å². The molecule has 1 aliphatic rings. The minimum atomic E-state index is 0.628. The van der Waals surface area contributed by atoms with E-state index in [2.05, 4.69) is 41.5 Å².